The van der Waals surface area contributed by atoms with Gasteiger partial charge < -0.3 is 10.8 Å². The highest BCUT2D eigenvalue weighted by Gasteiger charge is 2.28. The van der Waals surface area contributed by atoms with Crippen molar-refractivity contribution in [2.24, 2.45) is 11.1 Å². The Kier molecular flexibility index (Phi) is 2.85. The van der Waals surface area contributed by atoms with E-state index >= 15 is 0 Å². The number of aliphatic carboxylic acids is 1. The lowest BCUT2D eigenvalue weighted by molar-refractivity contribution is -0.147. The van der Waals surface area contributed by atoms with Crippen LogP contribution < -0.4 is 5.73 Å². The first-order valence-electron chi connectivity index (χ1n) is 4.27. The van der Waals surface area contributed by atoms with E-state index in [9.17, 15) is 4.79 Å². The summed E-state index contributed by atoms with van der Waals surface area (Å²) in [5.41, 5.74) is 4.48. The lowest BCUT2D eigenvalue weighted by Gasteiger charge is -2.17. The van der Waals surface area contributed by atoms with Crippen molar-refractivity contribution >= 4 is 5.97 Å². The smallest absolute Gasteiger partial charge is 0.310 e. The first-order valence-corrected chi connectivity index (χ1v) is 4.27. The van der Waals surface area contributed by atoms with Gasteiger partial charge in [0.1, 0.15) is 6.33 Å². The van der Waals surface area contributed by atoms with E-state index < -0.39 is 11.4 Å². The lowest BCUT2D eigenvalue weighted by atomic mass is 9.94. The average molecular weight is 198 g/mol. The third-order valence-electron chi connectivity index (χ3n) is 1.90. The Morgan fingerprint density at radius 3 is 2.79 bits per heavy atom. The fourth-order valence-corrected chi connectivity index (χ4v) is 0.976. The summed E-state index contributed by atoms with van der Waals surface area (Å²) in [6, 6.07) is 0. The molecule has 0 fully saturated rings. The minimum atomic E-state index is -0.859. The molecule has 0 unspecified atom stereocenters. The van der Waals surface area contributed by atoms with Gasteiger partial charge >= 0.3 is 5.97 Å². The summed E-state index contributed by atoms with van der Waals surface area (Å²) in [6.07, 6.45) is 1.49. The Bertz CT molecular complexity index is 332. The van der Waals surface area contributed by atoms with E-state index in [0.29, 0.717) is 5.82 Å². The number of carboxylic acids is 1. The Morgan fingerprint density at radius 2 is 2.36 bits per heavy atom. The van der Waals surface area contributed by atoms with E-state index in [4.69, 9.17) is 10.8 Å². The number of carboxylic acid groups (broad SMARTS) is 1. The molecule has 0 aliphatic carbocycles. The van der Waals surface area contributed by atoms with E-state index in [1.807, 2.05) is 0 Å². The molecular weight excluding hydrogens is 184 g/mol. The second kappa shape index (κ2) is 3.75. The number of carbonyl (C=O) groups is 1. The molecule has 0 radical (unpaired) electrons. The molecule has 0 bridgehead atoms. The first-order chi connectivity index (χ1) is 6.45. The topological polar surface area (TPSA) is 94.0 Å². The molecule has 0 aromatic carbocycles. The minimum Gasteiger partial charge on any atom is -0.481 e. The molecule has 1 rings (SSSR count). The molecule has 0 amide bonds. The molecule has 1 aromatic rings. The van der Waals surface area contributed by atoms with Crippen molar-refractivity contribution in [3.05, 3.63) is 12.2 Å². The molecule has 6 heteroatoms. The van der Waals surface area contributed by atoms with Gasteiger partial charge in [0.15, 0.2) is 5.82 Å². The summed E-state index contributed by atoms with van der Waals surface area (Å²) in [6.45, 7) is 3.83. The summed E-state index contributed by atoms with van der Waals surface area (Å²) in [5, 5.41) is 12.9. The van der Waals surface area contributed by atoms with E-state index in [0.717, 1.165) is 0 Å². The zero-order valence-corrected chi connectivity index (χ0v) is 8.27. The fourth-order valence-electron chi connectivity index (χ4n) is 0.976. The molecule has 14 heavy (non-hydrogen) atoms. The maximum Gasteiger partial charge on any atom is 0.310 e. The van der Waals surface area contributed by atoms with Crippen molar-refractivity contribution in [1.29, 1.82) is 0 Å². The SMILES string of the molecule is CC(C)(Cn1cnc(CN)n1)C(=O)O. The highest BCUT2D eigenvalue weighted by Crippen LogP contribution is 2.17. The van der Waals surface area contributed by atoms with Gasteiger partial charge in [-0.3, -0.25) is 9.48 Å². The van der Waals surface area contributed by atoms with Crippen LogP contribution in [-0.2, 0) is 17.9 Å². The van der Waals surface area contributed by atoms with Crippen molar-refractivity contribution in [3.63, 3.8) is 0 Å². The summed E-state index contributed by atoms with van der Waals surface area (Å²) in [7, 11) is 0. The number of aromatic nitrogens is 3. The van der Waals surface area contributed by atoms with Gasteiger partial charge in [-0.2, -0.15) is 5.10 Å². The molecule has 1 aromatic heterocycles. The minimum absolute atomic E-state index is 0.264. The summed E-state index contributed by atoms with van der Waals surface area (Å²) >= 11 is 0. The van der Waals surface area contributed by atoms with E-state index in [-0.39, 0.29) is 13.1 Å². The van der Waals surface area contributed by atoms with Crippen LogP contribution in [0, 0.1) is 5.41 Å². The van der Waals surface area contributed by atoms with Crippen LogP contribution in [0.15, 0.2) is 6.33 Å². The van der Waals surface area contributed by atoms with Gasteiger partial charge in [-0.05, 0) is 13.8 Å². The Labute approximate surface area is 81.7 Å². The molecule has 78 valence electrons. The molecule has 1 heterocycles. The summed E-state index contributed by atoms with van der Waals surface area (Å²) < 4.78 is 1.50. The summed E-state index contributed by atoms with van der Waals surface area (Å²) in [4.78, 5) is 14.7. The standard InChI is InChI=1S/C8H14N4O2/c1-8(2,7(13)14)4-12-5-10-6(3-9)11-12/h5H,3-4,9H2,1-2H3,(H,13,14). The highest BCUT2D eigenvalue weighted by molar-refractivity contribution is 5.73. The first kappa shape index (κ1) is 10.6. The van der Waals surface area contributed by atoms with Crippen LogP contribution in [0.3, 0.4) is 0 Å². The van der Waals surface area contributed by atoms with Crippen LogP contribution in [-0.4, -0.2) is 25.8 Å². The largest absolute Gasteiger partial charge is 0.481 e. The third-order valence-corrected chi connectivity index (χ3v) is 1.90. The number of nitrogens with zero attached hydrogens (tertiary/aromatic N) is 3. The van der Waals surface area contributed by atoms with Crippen LogP contribution >= 0.6 is 0 Å². The molecular formula is C8H14N4O2. The van der Waals surface area contributed by atoms with E-state index in [1.165, 1.54) is 11.0 Å². The molecule has 3 N–H and O–H groups in total. The molecule has 0 aliphatic heterocycles. The van der Waals surface area contributed by atoms with E-state index in [1.54, 1.807) is 13.8 Å². The van der Waals surface area contributed by atoms with Gasteiger partial charge in [0, 0.05) is 0 Å². The Morgan fingerprint density at radius 1 is 1.71 bits per heavy atom. The monoisotopic (exact) mass is 198 g/mol. The molecule has 0 saturated heterocycles. The summed E-state index contributed by atoms with van der Waals surface area (Å²) in [5.74, 6) is -0.339. The number of hydrogen-bond acceptors (Lipinski definition) is 4. The molecule has 0 saturated carbocycles. The zero-order chi connectivity index (χ0) is 10.8. The van der Waals surface area contributed by atoms with Crippen LogP contribution in [0.25, 0.3) is 0 Å². The van der Waals surface area contributed by atoms with Gasteiger partial charge in [0.2, 0.25) is 0 Å². The quantitative estimate of drug-likeness (QED) is 0.701. The van der Waals surface area contributed by atoms with Crippen LogP contribution in [0.1, 0.15) is 19.7 Å². The molecule has 0 spiro atoms. The van der Waals surface area contributed by atoms with Crippen molar-refractivity contribution in [1.82, 2.24) is 14.8 Å². The number of hydrogen-bond donors (Lipinski definition) is 2. The zero-order valence-electron chi connectivity index (χ0n) is 8.27. The van der Waals surface area contributed by atoms with Crippen molar-refractivity contribution in [2.45, 2.75) is 26.9 Å². The highest BCUT2D eigenvalue weighted by atomic mass is 16.4. The van der Waals surface area contributed by atoms with Crippen molar-refractivity contribution in [2.75, 3.05) is 0 Å². The molecule has 0 aliphatic rings. The molecule has 0 atom stereocenters. The van der Waals surface area contributed by atoms with Gasteiger partial charge in [-0.15, -0.1) is 0 Å². The second-order valence-corrected chi connectivity index (χ2v) is 3.75. The van der Waals surface area contributed by atoms with Crippen molar-refractivity contribution < 1.29 is 9.90 Å². The third kappa shape index (κ3) is 2.29. The van der Waals surface area contributed by atoms with Crippen LogP contribution in [0.5, 0.6) is 0 Å². The van der Waals surface area contributed by atoms with Gasteiger partial charge in [0.05, 0.1) is 18.5 Å². The Balaban J connectivity index is 2.73. The lowest BCUT2D eigenvalue weighted by Crippen LogP contribution is -2.29. The maximum absolute atomic E-state index is 10.8. The van der Waals surface area contributed by atoms with Gasteiger partial charge in [-0.1, -0.05) is 0 Å². The normalized spacial score (nSPS) is 11.6. The number of rotatable bonds is 4. The average Bonchev–Trinajstić information content (AvgIpc) is 2.51. The second-order valence-electron chi connectivity index (χ2n) is 3.75. The van der Waals surface area contributed by atoms with Crippen molar-refractivity contribution in [3.8, 4) is 0 Å². The Hall–Kier alpha value is -1.43. The maximum atomic E-state index is 10.8. The van der Waals surface area contributed by atoms with Crippen LogP contribution in [0.4, 0.5) is 0 Å². The predicted molar refractivity (Wildman–Crippen MR) is 49.3 cm³/mol. The predicted octanol–water partition coefficient (Wildman–Crippen LogP) is -0.152. The van der Waals surface area contributed by atoms with Gasteiger partial charge in [0.25, 0.3) is 0 Å². The van der Waals surface area contributed by atoms with Gasteiger partial charge in [-0.25, -0.2) is 4.98 Å². The fraction of sp³-hybridized carbons (Fsp3) is 0.625. The van der Waals surface area contributed by atoms with Crippen LogP contribution in [0.2, 0.25) is 0 Å². The molecule has 6 nitrogen and oxygen atoms in total. The number of nitrogens with two attached hydrogens (primary N) is 1. The van der Waals surface area contributed by atoms with E-state index in [2.05, 4.69) is 10.1 Å².